The summed E-state index contributed by atoms with van der Waals surface area (Å²) in [5, 5.41) is 0. The lowest BCUT2D eigenvalue weighted by Gasteiger charge is -2.37. The Kier molecular flexibility index (Phi) is 6.16. The van der Waals surface area contributed by atoms with Crippen LogP contribution in [0.25, 0.3) is 0 Å². The third kappa shape index (κ3) is 4.31. The van der Waals surface area contributed by atoms with Crippen molar-refractivity contribution >= 4 is 0 Å². The lowest BCUT2D eigenvalue weighted by Crippen LogP contribution is -2.47. The van der Waals surface area contributed by atoms with E-state index in [0.29, 0.717) is 0 Å². The van der Waals surface area contributed by atoms with Crippen LogP contribution in [-0.2, 0) is 6.54 Å². The highest BCUT2D eigenvalue weighted by atomic mass is 16.5. The topological polar surface area (TPSA) is 24.9 Å². The molecule has 2 aliphatic rings. The van der Waals surface area contributed by atoms with Gasteiger partial charge in [0.05, 0.1) is 14.2 Å². The Morgan fingerprint density at radius 1 is 1.00 bits per heavy atom. The van der Waals surface area contributed by atoms with Gasteiger partial charge in [-0.2, -0.15) is 0 Å². The summed E-state index contributed by atoms with van der Waals surface area (Å²) in [5.74, 6) is 2.55. The van der Waals surface area contributed by atoms with Crippen molar-refractivity contribution in [3.8, 4) is 11.5 Å². The molecule has 0 N–H and O–H groups in total. The van der Waals surface area contributed by atoms with Crippen LogP contribution in [0.1, 0.15) is 24.8 Å². The molecule has 0 amide bonds. The molecule has 0 bridgehead atoms. The molecule has 1 heterocycles. The van der Waals surface area contributed by atoms with Gasteiger partial charge in [-0.05, 0) is 31.2 Å². The van der Waals surface area contributed by atoms with Gasteiger partial charge in [0.15, 0.2) is 11.5 Å². The van der Waals surface area contributed by atoms with Crippen molar-refractivity contribution in [2.45, 2.75) is 25.8 Å². The van der Waals surface area contributed by atoms with Crippen molar-refractivity contribution in [2.75, 3.05) is 46.9 Å². The first-order valence-corrected chi connectivity index (χ1v) is 9.09. The summed E-state index contributed by atoms with van der Waals surface area (Å²) < 4.78 is 11.0. The number of piperazine rings is 1. The van der Waals surface area contributed by atoms with E-state index in [4.69, 9.17) is 9.47 Å². The van der Waals surface area contributed by atoms with Gasteiger partial charge >= 0.3 is 0 Å². The zero-order valence-corrected chi connectivity index (χ0v) is 15.0. The third-order valence-corrected chi connectivity index (χ3v) is 5.24. The SMILES string of the molecule is COc1cccc(CN2CCN(C[C@H]3CC=CCC3)CC2)c1OC. The molecular formula is C20H30N2O2. The van der Waals surface area contributed by atoms with Crippen molar-refractivity contribution in [2.24, 2.45) is 5.92 Å². The molecule has 0 aromatic heterocycles. The fraction of sp³-hybridized carbons (Fsp3) is 0.600. The zero-order chi connectivity index (χ0) is 16.8. The first-order chi connectivity index (χ1) is 11.8. The molecule has 4 nitrogen and oxygen atoms in total. The van der Waals surface area contributed by atoms with Gasteiger partial charge in [0, 0.05) is 44.8 Å². The van der Waals surface area contributed by atoms with Crippen molar-refractivity contribution < 1.29 is 9.47 Å². The average molecular weight is 330 g/mol. The van der Waals surface area contributed by atoms with Gasteiger partial charge in [-0.25, -0.2) is 0 Å². The maximum atomic E-state index is 5.56. The van der Waals surface area contributed by atoms with E-state index in [9.17, 15) is 0 Å². The number of benzene rings is 1. The van der Waals surface area contributed by atoms with Gasteiger partial charge in [-0.1, -0.05) is 24.3 Å². The number of rotatable bonds is 6. The number of ether oxygens (including phenoxy) is 2. The van der Waals surface area contributed by atoms with E-state index in [2.05, 4.69) is 28.0 Å². The molecule has 0 saturated carbocycles. The van der Waals surface area contributed by atoms with Gasteiger partial charge in [-0.3, -0.25) is 4.90 Å². The molecule has 1 aliphatic carbocycles. The first-order valence-electron chi connectivity index (χ1n) is 9.09. The molecule has 3 rings (SSSR count). The Morgan fingerprint density at radius 2 is 1.79 bits per heavy atom. The highest BCUT2D eigenvalue weighted by Gasteiger charge is 2.21. The Labute approximate surface area is 146 Å². The fourth-order valence-electron chi connectivity index (χ4n) is 3.84. The molecule has 1 aliphatic heterocycles. The van der Waals surface area contributed by atoms with Gasteiger partial charge < -0.3 is 14.4 Å². The lowest BCUT2D eigenvalue weighted by atomic mass is 9.94. The van der Waals surface area contributed by atoms with Crippen LogP contribution in [-0.4, -0.2) is 56.7 Å². The summed E-state index contributed by atoms with van der Waals surface area (Å²) in [6.07, 6.45) is 8.58. The van der Waals surface area contributed by atoms with Gasteiger partial charge in [0.2, 0.25) is 0 Å². The summed E-state index contributed by atoms with van der Waals surface area (Å²) in [7, 11) is 3.42. The maximum absolute atomic E-state index is 5.56. The minimum atomic E-state index is 0.819. The van der Waals surface area contributed by atoms with Crippen LogP contribution in [0.2, 0.25) is 0 Å². The maximum Gasteiger partial charge on any atom is 0.165 e. The van der Waals surface area contributed by atoms with Gasteiger partial charge in [0.25, 0.3) is 0 Å². The van der Waals surface area contributed by atoms with E-state index < -0.39 is 0 Å². The second-order valence-corrected chi connectivity index (χ2v) is 6.88. The molecule has 0 unspecified atom stereocenters. The second-order valence-electron chi connectivity index (χ2n) is 6.88. The predicted molar refractivity (Wildman–Crippen MR) is 97.7 cm³/mol. The molecule has 1 aromatic carbocycles. The summed E-state index contributed by atoms with van der Waals surface area (Å²) in [6.45, 7) is 6.80. The molecule has 1 atom stereocenters. The Bertz CT molecular complexity index is 551. The number of para-hydroxylation sites is 1. The van der Waals surface area contributed by atoms with Crippen LogP contribution < -0.4 is 9.47 Å². The van der Waals surface area contributed by atoms with Crippen LogP contribution in [0, 0.1) is 5.92 Å². The van der Waals surface area contributed by atoms with Gasteiger partial charge in [-0.15, -0.1) is 0 Å². The molecular weight excluding hydrogens is 300 g/mol. The Balaban J connectivity index is 1.51. The summed E-state index contributed by atoms with van der Waals surface area (Å²) in [5.41, 5.74) is 1.21. The summed E-state index contributed by atoms with van der Waals surface area (Å²) in [6, 6.07) is 6.14. The Morgan fingerprint density at radius 3 is 2.46 bits per heavy atom. The standard InChI is InChI=1S/C20H30N2O2/c1-23-19-10-6-9-18(20(19)24-2)16-22-13-11-21(12-14-22)15-17-7-4-3-5-8-17/h3-4,6,9-10,17H,5,7-8,11-16H2,1-2H3/t17-/m0/s1. The quantitative estimate of drug-likeness (QED) is 0.748. The van der Waals surface area contributed by atoms with Crippen LogP contribution in [0.15, 0.2) is 30.4 Å². The van der Waals surface area contributed by atoms with Crippen molar-refractivity contribution in [3.63, 3.8) is 0 Å². The van der Waals surface area contributed by atoms with E-state index in [1.54, 1.807) is 14.2 Å². The Hall–Kier alpha value is -1.52. The molecule has 1 saturated heterocycles. The zero-order valence-electron chi connectivity index (χ0n) is 15.0. The fourth-order valence-corrected chi connectivity index (χ4v) is 3.84. The molecule has 0 radical (unpaired) electrons. The highest BCUT2D eigenvalue weighted by Crippen LogP contribution is 2.31. The predicted octanol–water partition coefficient (Wildman–Crippen LogP) is 3.18. The van der Waals surface area contributed by atoms with E-state index >= 15 is 0 Å². The van der Waals surface area contributed by atoms with Crippen LogP contribution >= 0.6 is 0 Å². The largest absolute Gasteiger partial charge is 0.493 e. The summed E-state index contributed by atoms with van der Waals surface area (Å²) in [4.78, 5) is 5.16. The van der Waals surface area contributed by atoms with E-state index in [0.717, 1.165) is 37.1 Å². The number of methoxy groups -OCH3 is 2. The number of nitrogens with zero attached hydrogens (tertiary/aromatic N) is 2. The van der Waals surface area contributed by atoms with Gasteiger partial charge in [0.1, 0.15) is 0 Å². The smallest absolute Gasteiger partial charge is 0.165 e. The molecule has 132 valence electrons. The van der Waals surface area contributed by atoms with E-state index in [1.165, 1.54) is 44.5 Å². The summed E-state index contributed by atoms with van der Waals surface area (Å²) >= 11 is 0. The lowest BCUT2D eigenvalue weighted by molar-refractivity contribution is 0.110. The first kappa shape index (κ1) is 17.3. The molecule has 1 fully saturated rings. The van der Waals surface area contributed by atoms with Crippen LogP contribution in [0.4, 0.5) is 0 Å². The number of allylic oxidation sites excluding steroid dienone is 2. The minimum Gasteiger partial charge on any atom is -0.493 e. The highest BCUT2D eigenvalue weighted by molar-refractivity contribution is 5.46. The molecule has 24 heavy (non-hydrogen) atoms. The minimum absolute atomic E-state index is 0.819. The van der Waals surface area contributed by atoms with Crippen molar-refractivity contribution in [3.05, 3.63) is 35.9 Å². The normalized spacial score (nSPS) is 22.5. The third-order valence-electron chi connectivity index (χ3n) is 5.24. The number of hydrogen-bond acceptors (Lipinski definition) is 4. The number of hydrogen-bond donors (Lipinski definition) is 0. The van der Waals surface area contributed by atoms with E-state index in [-0.39, 0.29) is 0 Å². The average Bonchev–Trinajstić information content (AvgIpc) is 2.64. The van der Waals surface area contributed by atoms with Crippen LogP contribution in [0.5, 0.6) is 11.5 Å². The molecule has 0 spiro atoms. The van der Waals surface area contributed by atoms with Crippen LogP contribution in [0.3, 0.4) is 0 Å². The molecule has 1 aromatic rings. The second kappa shape index (κ2) is 8.54. The van der Waals surface area contributed by atoms with Crippen molar-refractivity contribution in [1.82, 2.24) is 9.80 Å². The van der Waals surface area contributed by atoms with Crippen molar-refractivity contribution in [1.29, 1.82) is 0 Å². The molecule has 4 heteroatoms. The monoisotopic (exact) mass is 330 g/mol. The van der Waals surface area contributed by atoms with E-state index in [1.807, 2.05) is 12.1 Å².